The maximum atomic E-state index is 13.3. The van der Waals surface area contributed by atoms with E-state index in [9.17, 15) is 33.5 Å². The molecule has 0 unspecified atom stereocenters. The van der Waals surface area contributed by atoms with Crippen LogP contribution in [0.25, 0.3) is 0 Å². The van der Waals surface area contributed by atoms with Gasteiger partial charge < -0.3 is 34.8 Å². The van der Waals surface area contributed by atoms with Crippen LogP contribution in [0.2, 0.25) is 6.32 Å². The molecule has 158 valence electrons. The van der Waals surface area contributed by atoms with Crippen molar-refractivity contribution in [2.45, 2.75) is 37.2 Å². The van der Waals surface area contributed by atoms with Gasteiger partial charge in [-0.15, -0.1) is 0 Å². The molecule has 0 aliphatic carbocycles. The van der Waals surface area contributed by atoms with E-state index in [1.807, 2.05) is 0 Å². The van der Waals surface area contributed by atoms with Crippen molar-refractivity contribution >= 4 is 18.6 Å². The van der Waals surface area contributed by atoms with Crippen molar-refractivity contribution in [2.24, 2.45) is 0 Å². The first kappa shape index (κ1) is 19.9. The van der Waals surface area contributed by atoms with Gasteiger partial charge >= 0.3 is 18.6 Å². The first-order valence-corrected chi connectivity index (χ1v) is 9.40. The fraction of sp³-hybridized carbons (Fsp3) is 0.529. The summed E-state index contributed by atoms with van der Waals surface area (Å²) in [5.41, 5.74) is 0.212. The van der Waals surface area contributed by atoms with E-state index < -0.39 is 43.8 Å². The molecule has 5 N–H and O–H groups in total. The van der Waals surface area contributed by atoms with Crippen LogP contribution in [0.15, 0.2) is 12.1 Å². The number of quaternary nitrogens is 1. The Morgan fingerprint density at radius 3 is 2.66 bits per heavy atom. The highest BCUT2D eigenvalue weighted by Gasteiger charge is 2.49. The summed E-state index contributed by atoms with van der Waals surface area (Å²) in [6.07, 6.45) is -0.787. The van der Waals surface area contributed by atoms with E-state index in [4.69, 9.17) is 9.39 Å². The molecule has 0 aromatic heterocycles. The zero-order chi connectivity index (χ0) is 21.0. The third-order valence-electron chi connectivity index (χ3n) is 5.50. The number of fused-ring (bicyclic) bond motifs is 1. The highest BCUT2D eigenvalue weighted by atomic mass is 19.3. The smallest absolute Gasteiger partial charge is 0.430 e. The number of hydrogen-bond acceptors (Lipinski definition) is 6. The molecule has 0 radical (unpaired) electrons. The highest BCUT2D eigenvalue weighted by molar-refractivity contribution is 6.59. The molecule has 1 aromatic carbocycles. The molecule has 3 aliphatic heterocycles. The average molecular weight is 414 g/mol. The zero-order valence-corrected chi connectivity index (χ0v) is 15.4. The Morgan fingerprint density at radius 1 is 1.31 bits per heavy atom. The first-order chi connectivity index (χ1) is 13.5. The number of nitrogens with two attached hydrogens (primary N) is 1. The Morgan fingerprint density at radius 2 is 2.03 bits per heavy atom. The van der Waals surface area contributed by atoms with Gasteiger partial charge in [0.05, 0.1) is 25.3 Å². The third-order valence-corrected chi connectivity index (χ3v) is 5.50. The molecule has 2 saturated heterocycles. The fourth-order valence-corrected chi connectivity index (χ4v) is 3.93. The van der Waals surface area contributed by atoms with E-state index in [-0.39, 0.29) is 48.8 Å². The van der Waals surface area contributed by atoms with Crippen LogP contribution in [0, 0.1) is 0 Å². The van der Waals surface area contributed by atoms with Crippen LogP contribution < -0.4 is 14.7 Å². The molecular formula is C17H21BF2N2O7. The van der Waals surface area contributed by atoms with Crippen molar-refractivity contribution in [3.05, 3.63) is 23.3 Å². The number of carboxylic acids is 1. The second kappa shape index (κ2) is 6.82. The molecule has 9 nitrogen and oxygen atoms in total. The number of alkyl halides is 2. The minimum absolute atomic E-state index is 0.0131. The topological polar surface area (TPSA) is 133 Å². The average Bonchev–Trinajstić information content (AvgIpc) is 2.95. The van der Waals surface area contributed by atoms with E-state index in [1.54, 1.807) is 6.07 Å². The van der Waals surface area contributed by atoms with Gasteiger partial charge in [-0.25, -0.2) is 13.6 Å². The summed E-state index contributed by atoms with van der Waals surface area (Å²) in [5, 5.41) is 30.4. The molecule has 0 bridgehead atoms. The van der Waals surface area contributed by atoms with Gasteiger partial charge in [0, 0.05) is 0 Å². The van der Waals surface area contributed by atoms with E-state index in [2.05, 4.69) is 0 Å². The van der Waals surface area contributed by atoms with Gasteiger partial charge in [0.2, 0.25) is 0 Å². The molecule has 0 saturated carbocycles. The Hall–Kier alpha value is -2.44. The molecule has 0 spiro atoms. The summed E-state index contributed by atoms with van der Waals surface area (Å²) in [6.45, 7) is -3.24. The van der Waals surface area contributed by atoms with Gasteiger partial charge in [-0.1, -0.05) is 12.4 Å². The van der Waals surface area contributed by atoms with Gasteiger partial charge in [-0.3, -0.25) is 4.79 Å². The molecule has 3 heterocycles. The predicted octanol–water partition coefficient (Wildman–Crippen LogP) is -1.20. The number of amides is 1. The van der Waals surface area contributed by atoms with Crippen molar-refractivity contribution in [2.75, 3.05) is 19.6 Å². The number of carbonyl (C=O) groups is 2. The summed E-state index contributed by atoms with van der Waals surface area (Å²) in [7, 11) is 0. The standard InChI is InChI=1S/C17H20BF2N2O7/c19-17(20)5-11(21-8-17)15(23)22-6-10(7-22)28-12-2-1-9-3-4-18(26,27)29-14(9)13(12)16(24)25/h1-2,10-11,21,26-27H,3-8H2,(H,24,25)/q-1/p+1/t11-/m0/s1. The highest BCUT2D eigenvalue weighted by Crippen LogP contribution is 2.39. The van der Waals surface area contributed by atoms with E-state index in [0.29, 0.717) is 5.56 Å². The Bertz CT molecular complexity index is 860. The van der Waals surface area contributed by atoms with Gasteiger partial charge in [-0.2, -0.15) is 0 Å². The lowest BCUT2D eigenvalue weighted by molar-refractivity contribution is -0.664. The van der Waals surface area contributed by atoms with Gasteiger partial charge in [0.15, 0.2) is 6.04 Å². The number of nitrogens with zero attached hydrogens (tertiary/aromatic N) is 1. The van der Waals surface area contributed by atoms with Crippen LogP contribution in [0.3, 0.4) is 0 Å². The first-order valence-electron chi connectivity index (χ1n) is 9.40. The molecular weight excluding hydrogens is 393 g/mol. The van der Waals surface area contributed by atoms with Crippen LogP contribution in [0.5, 0.6) is 11.5 Å². The monoisotopic (exact) mass is 414 g/mol. The molecule has 1 aromatic rings. The number of carbonyl (C=O) groups excluding carboxylic acids is 1. The van der Waals surface area contributed by atoms with Gasteiger partial charge in [-0.05, 0) is 18.1 Å². The maximum Gasteiger partial charge on any atom is 0.430 e. The van der Waals surface area contributed by atoms with Crippen molar-refractivity contribution < 1.29 is 48.2 Å². The van der Waals surface area contributed by atoms with E-state index >= 15 is 0 Å². The Labute approximate surface area is 164 Å². The number of halogens is 2. The molecule has 1 amide bonds. The quantitative estimate of drug-likeness (QED) is 0.455. The summed E-state index contributed by atoms with van der Waals surface area (Å²) < 4.78 is 37.4. The zero-order valence-electron chi connectivity index (χ0n) is 15.4. The summed E-state index contributed by atoms with van der Waals surface area (Å²) in [4.78, 5) is 25.4. The molecule has 1 atom stereocenters. The number of ether oxygens (including phenoxy) is 1. The van der Waals surface area contributed by atoms with Crippen LogP contribution in [0.1, 0.15) is 22.3 Å². The summed E-state index contributed by atoms with van der Waals surface area (Å²) in [5.74, 6) is -4.73. The second-order valence-corrected chi connectivity index (χ2v) is 7.84. The number of aromatic carboxylic acids is 1. The predicted molar refractivity (Wildman–Crippen MR) is 93.9 cm³/mol. The van der Waals surface area contributed by atoms with Crippen molar-refractivity contribution in [1.82, 2.24) is 4.90 Å². The number of likely N-dealkylation sites (tertiary alicyclic amines) is 1. The lowest BCUT2D eigenvalue weighted by Crippen LogP contribution is -2.90. The third kappa shape index (κ3) is 3.87. The minimum atomic E-state index is -3.14. The number of benzene rings is 1. The van der Waals surface area contributed by atoms with Crippen LogP contribution >= 0.6 is 0 Å². The number of aryl methyl sites for hydroxylation is 1. The minimum Gasteiger partial charge on any atom is -0.669 e. The fourth-order valence-electron chi connectivity index (χ4n) is 3.93. The largest absolute Gasteiger partial charge is 0.669 e. The van der Waals surface area contributed by atoms with Crippen molar-refractivity contribution in [3.63, 3.8) is 0 Å². The van der Waals surface area contributed by atoms with Gasteiger partial charge in [0.1, 0.15) is 24.0 Å². The number of hydrogen-bond donors (Lipinski definition) is 4. The van der Waals surface area contributed by atoms with E-state index in [0.717, 1.165) is 0 Å². The van der Waals surface area contributed by atoms with Crippen LogP contribution in [-0.2, 0) is 11.2 Å². The second-order valence-electron chi connectivity index (χ2n) is 7.84. The lowest BCUT2D eigenvalue weighted by atomic mass is 9.70. The van der Waals surface area contributed by atoms with Crippen LogP contribution in [-0.4, -0.2) is 76.4 Å². The Balaban J connectivity index is 1.44. The molecule has 29 heavy (non-hydrogen) atoms. The molecule has 2 fully saturated rings. The summed E-state index contributed by atoms with van der Waals surface area (Å²) >= 11 is 0. The molecule has 4 rings (SSSR count). The van der Waals surface area contributed by atoms with Crippen molar-refractivity contribution in [3.8, 4) is 11.5 Å². The molecule has 12 heteroatoms. The van der Waals surface area contributed by atoms with Gasteiger partial charge in [0.25, 0.3) is 5.91 Å². The molecule has 3 aliphatic rings. The number of rotatable bonds is 4. The summed E-state index contributed by atoms with van der Waals surface area (Å²) in [6, 6.07) is 2.25. The Kier molecular flexibility index (Phi) is 4.67. The van der Waals surface area contributed by atoms with E-state index in [1.165, 1.54) is 16.3 Å². The maximum absolute atomic E-state index is 13.3. The van der Waals surface area contributed by atoms with Crippen LogP contribution in [0.4, 0.5) is 8.78 Å². The normalized spacial score (nSPS) is 25.0. The van der Waals surface area contributed by atoms with Crippen molar-refractivity contribution in [1.29, 1.82) is 0 Å². The SMILES string of the molecule is O=C(O)c1c(OC2CN(C(=O)[C@@H]3CC(F)(F)C[NH2+]3)C2)ccc2c1O[B-](O)(O)CC2. The number of carboxylic acid groups (broad SMARTS) is 1. The lowest BCUT2D eigenvalue weighted by Gasteiger charge is -2.40.